The molecule has 1 heterocycles. The van der Waals surface area contributed by atoms with Crippen molar-refractivity contribution in [2.24, 2.45) is 0 Å². The molecule has 0 aliphatic heterocycles. The molecule has 11 heteroatoms. The Kier molecular flexibility index (Phi) is 10.0. The number of ether oxygens (including phenoxy) is 1. The molecule has 41 heavy (non-hydrogen) atoms. The Labute approximate surface area is 241 Å². The van der Waals surface area contributed by atoms with Crippen molar-refractivity contribution in [3.05, 3.63) is 72.2 Å². The van der Waals surface area contributed by atoms with Gasteiger partial charge in [-0.2, -0.15) is 0 Å². The Morgan fingerprint density at radius 2 is 1.71 bits per heavy atom. The van der Waals surface area contributed by atoms with E-state index in [4.69, 9.17) is 9.72 Å². The van der Waals surface area contributed by atoms with Crippen molar-refractivity contribution in [2.75, 3.05) is 17.3 Å². The summed E-state index contributed by atoms with van der Waals surface area (Å²) in [6, 6.07) is 16.8. The molecule has 1 aliphatic carbocycles. The van der Waals surface area contributed by atoms with Gasteiger partial charge in [0.2, 0.25) is 0 Å². The van der Waals surface area contributed by atoms with Gasteiger partial charge in [-0.1, -0.05) is 42.5 Å². The van der Waals surface area contributed by atoms with E-state index < -0.39 is 15.9 Å². The van der Waals surface area contributed by atoms with Crippen LogP contribution in [-0.2, 0) is 27.7 Å². The van der Waals surface area contributed by atoms with E-state index in [1.165, 1.54) is 6.26 Å². The number of alkyl carbamates (subject to hydrolysis) is 1. The minimum Gasteiger partial charge on any atom is -0.447 e. The Hall–Kier alpha value is -3.86. The zero-order valence-electron chi connectivity index (χ0n) is 23.8. The Balaban J connectivity index is 1.43. The van der Waals surface area contributed by atoms with Gasteiger partial charge in [-0.25, -0.2) is 23.0 Å². The van der Waals surface area contributed by atoms with Gasteiger partial charge in [-0.3, -0.25) is 0 Å². The molecular formula is C30H39N5O5S. The number of anilines is 1. The molecule has 1 aromatic heterocycles. The average Bonchev–Trinajstić information content (AvgIpc) is 3.35. The van der Waals surface area contributed by atoms with E-state index in [2.05, 4.69) is 16.0 Å². The highest BCUT2D eigenvalue weighted by atomic mass is 32.2. The minimum absolute atomic E-state index is 0.00251. The summed E-state index contributed by atoms with van der Waals surface area (Å²) in [4.78, 5) is 29.1. The lowest BCUT2D eigenvalue weighted by Gasteiger charge is -2.29. The standard InChI is InChI=1S/C30H39N5O5S/c1-21(2)40-30(37)34-26-15-11-24(12-16-26)28-31-20-27(35(28)17-18-41(3,38)39)23-9-13-25(14-10-23)33-29(36)32-19-22-7-5-4-6-8-22/h4-10,13-14,20-21,24,26H,11-12,15-19H2,1-3H3,(H,34,37)(H2,32,33,36)/t24-,26-. The van der Waals surface area contributed by atoms with E-state index in [1.807, 2.05) is 73.0 Å². The number of hydrogen-bond donors (Lipinski definition) is 3. The van der Waals surface area contributed by atoms with E-state index in [-0.39, 0.29) is 29.8 Å². The highest BCUT2D eigenvalue weighted by Gasteiger charge is 2.28. The second-order valence-corrected chi connectivity index (χ2v) is 13.1. The zero-order valence-corrected chi connectivity index (χ0v) is 24.6. The number of sulfone groups is 1. The van der Waals surface area contributed by atoms with Crippen LogP contribution in [0.2, 0.25) is 0 Å². The number of carbonyl (C=O) groups is 2. The maximum Gasteiger partial charge on any atom is 0.407 e. The number of rotatable bonds is 10. The predicted molar refractivity (Wildman–Crippen MR) is 159 cm³/mol. The van der Waals surface area contributed by atoms with Crippen molar-refractivity contribution in [1.82, 2.24) is 20.2 Å². The first kappa shape index (κ1) is 30.1. The molecule has 1 aliphatic rings. The first-order valence-electron chi connectivity index (χ1n) is 14.0. The molecule has 4 rings (SSSR count). The Bertz CT molecular complexity index is 1410. The number of nitrogens with zero attached hydrogens (tertiary/aromatic N) is 2. The highest BCUT2D eigenvalue weighted by Crippen LogP contribution is 2.35. The van der Waals surface area contributed by atoms with Gasteiger partial charge in [0.05, 0.1) is 23.7 Å². The van der Waals surface area contributed by atoms with Crippen LogP contribution in [0, 0.1) is 0 Å². The summed E-state index contributed by atoms with van der Waals surface area (Å²) in [5.41, 5.74) is 3.35. The second-order valence-electron chi connectivity index (χ2n) is 10.8. The molecule has 0 saturated heterocycles. The van der Waals surface area contributed by atoms with Gasteiger partial charge in [0, 0.05) is 37.0 Å². The number of imidazole rings is 1. The van der Waals surface area contributed by atoms with Crippen molar-refractivity contribution in [3.63, 3.8) is 0 Å². The zero-order chi connectivity index (χ0) is 29.4. The van der Waals surface area contributed by atoms with Gasteiger partial charge in [0.25, 0.3) is 0 Å². The Morgan fingerprint density at radius 1 is 1.02 bits per heavy atom. The smallest absolute Gasteiger partial charge is 0.407 e. The molecule has 3 aromatic rings. The van der Waals surface area contributed by atoms with Crippen LogP contribution in [0.3, 0.4) is 0 Å². The summed E-state index contributed by atoms with van der Waals surface area (Å²) >= 11 is 0. The number of nitrogens with one attached hydrogen (secondary N) is 3. The summed E-state index contributed by atoms with van der Waals surface area (Å²) in [7, 11) is -3.19. The fourth-order valence-corrected chi connectivity index (χ4v) is 5.54. The molecule has 1 fully saturated rings. The molecule has 220 valence electrons. The van der Waals surface area contributed by atoms with Gasteiger partial charge >= 0.3 is 12.1 Å². The van der Waals surface area contributed by atoms with Crippen molar-refractivity contribution >= 4 is 27.6 Å². The number of hydrogen-bond acceptors (Lipinski definition) is 6. The van der Waals surface area contributed by atoms with Crippen LogP contribution in [0.5, 0.6) is 0 Å². The number of aromatic nitrogens is 2. The number of carbonyl (C=O) groups excluding carboxylic acids is 2. The molecular weight excluding hydrogens is 542 g/mol. The monoisotopic (exact) mass is 581 g/mol. The van der Waals surface area contributed by atoms with Gasteiger partial charge in [0.15, 0.2) is 0 Å². The van der Waals surface area contributed by atoms with Gasteiger partial charge in [0.1, 0.15) is 15.7 Å². The van der Waals surface area contributed by atoms with E-state index in [9.17, 15) is 18.0 Å². The fourth-order valence-electron chi connectivity index (χ4n) is 5.03. The molecule has 0 radical (unpaired) electrons. The summed E-state index contributed by atoms with van der Waals surface area (Å²) in [5.74, 6) is 1.01. The van der Waals surface area contributed by atoms with Crippen LogP contribution < -0.4 is 16.0 Å². The van der Waals surface area contributed by atoms with Crippen LogP contribution in [0.25, 0.3) is 11.3 Å². The minimum atomic E-state index is -3.19. The number of amides is 3. The van der Waals surface area contributed by atoms with Crippen molar-refractivity contribution in [3.8, 4) is 11.3 Å². The normalized spacial score (nSPS) is 17.2. The molecule has 0 bridgehead atoms. The quantitative estimate of drug-likeness (QED) is 0.306. The van der Waals surface area contributed by atoms with Crippen molar-refractivity contribution in [1.29, 1.82) is 0 Å². The number of urea groups is 1. The first-order valence-corrected chi connectivity index (χ1v) is 16.0. The molecule has 0 atom stereocenters. The maximum atomic E-state index is 12.4. The van der Waals surface area contributed by atoms with Crippen LogP contribution in [0.4, 0.5) is 15.3 Å². The lowest BCUT2D eigenvalue weighted by atomic mass is 9.85. The van der Waals surface area contributed by atoms with Crippen LogP contribution >= 0.6 is 0 Å². The highest BCUT2D eigenvalue weighted by molar-refractivity contribution is 7.90. The van der Waals surface area contributed by atoms with Gasteiger partial charge in [-0.05, 0) is 62.8 Å². The molecule has 1 saturated carbocycles. The van der Waals surface area contributed by atoms with Crippen LogP contribution in [0.1, 0.15) is 56.8 Å². The van der Waals surface area contributed by atoms with Crippen molar-refractivity contribution in [2.45, 2.75) is 70.7 Å². The third-order valence-electron chi connectivity index (χ3n) is 7.06. The third-order valence-corrected chi connectivity index (χ3v) is 7.99. The van der Waals surface area contributed by atoms with E-state index in [0.29, 0.717) is 18.8 Å². The summed E-state index contributed by atoms with van der Waals surface area (Å²) in [6.07, 6.45) is 5.68. The fraction of sp³-hybridized carbons (Fsp3) is 0.433. The van der Waals surface area contributed by atoms with E-state index in [0.717, 1.165) is 48.3 Å². The number of benzene rings is 2. The molecule has 3 N–H and O–H groups in total. The SMILES string of the molecule is CC(C)OC(=O)N[C@H]1CC[C@H](c2ncc(-c3ccc(NC(=O)NCc4ccccc4)cc3)n2CCS(C)(=O)=O)CC1. The van der Waals surface area contributed by atoms with Crippen LogP contribution in [-0.4, -0.2) is 54.2 Å². The molecule has 2 aromatic carbocycles. The summed E-state index contributed by atoms with van der Waals surface area (Å²) < 4.78 is 31.3. The lowest BCUT2D eigenvalue weighted by molar-refractivity contribution is 0.109. The summed E-state index contributed by atoms with van der Waals surface area (Å²) in [5, 5.41) is 8.63. The molecule has 0 spiro atoms. The molecule has 3 amide bonds. The topological polar surface area (TPSA) is 131 Å². The maximum absolute atomic E-state index is 12.4. The molecule has 10 nitrogen and oxygen atoms in total. The largest absolute Gasteiger partial charge is 0.447 e. The van der Waals surface area contributed by atoms with Gasteiger partial charge < -0.3 is 25.3 Å². The Morgan fingerprint density at radius 3 is 2.34 bits per heavy atom. The van der Waals surface area contributed by atoms with E-state index in [1.54, 1.807) is 6.20 Å². The third kappa shape index (κ3) is 9.07. The second kappa shape index (κ2) is 13.7. The van der Waals surface area contributed by atoms with Crippen LogP contribution in [0.15, 0.2) is 60.8 Å². The molecule has 0 unspecified atom stereocenters. The first-order chi connectivity index (χ1) is 19.6. The van der Waals surface area contributed by atoms with Crippen molar-refractivity contribution < 1.29 is 22.7 Å². The van der Waals surface area contributed by atoms with E-state index >= 15 is 0 Å². The average molecular weight is 582 g/mol. The predicted octanol–water partition coefficient (Wildman–Crippen LogP) is 5.08. The summed E-state index contributed by atoms with van der Waals surface area (Å²) in [6.45, 7) is 4.36. The lowest BCUT2D eigenvalue weighted by Crippen LogP contribution is -2.38. The van der Waals surface area contributed by atoms with Gasteiger partial charge in [-0.15, -0.1) is 0 Å².